The van der Waals surface area contributed by atoms with Crippen molar-refractivity contribution in [1.29, 1.82) is 0 Å². The molecule has 0 atom stereocenters. The number of ether oxygens (including phenoxy) is 3. The monoisotopic (exact) mass is 293 g/mol. The molecule has 0 unspecified atom stereocenters. The molecule has 0 bridgehead atoms. The Morgan fingerprint density at radius 1 is 1.19 bits per heavy atom. The molecular weight excluding hydrogens is 266 g/mol. The highest BCUT2D eigenvalue weighted by Gasteiger charge is 2.20. The Morgan fingerprint density at radius 3 is 2.38 bits per heavy atom. The molecule has 0 spiro atoms. The van der Waals surface area contributed by atoms with Crippen LogP contribution in [-0.4, -0.2) is 51.0 Å². The normalized spacial score (nSPS) is 11.5. The third-order valence-corrected chi connectivity index (χ3v) is 2.96. The van der Waals surface area contributed by atoms with Crippen LogP contribution in [0.25, 0.3) is 0 Å². The predicted molar refractivity (Wildman–Crippen MR) is 86.2 cm³/mol. The Hall–Kier alpha value is -1.52. The maximum Gasteiger partial charge on any atom is 0.127 e. The molecule has 0 aliphatic heterocycles. The van der Waals surface area contributed by atoms with E-state index in [9.17, 15) is 0 Å². The number of benzene rings is 1. The first kappa shape index (κ1) is 17.5. The summed E-state index contributed by atoms with van der Waals surface area (Å²) in [6.07, 6.45) is 1.89. The standard InChI is InChI=1S/C17H27NO3/c1-6-11-18(4)12-13-20-14-17(2,3)21-16-9-7-15(19-5)8-10-16/h6-10H,1,11-14H2,2-5H3. The van der Waals surface area contributed by atoms with Crippen molar-refractivity contribution in [2.45, 2.75) is 19.4 Å². The van der Waals surface area contributed by atoms with Gasteiger partial charge < -0.3 is 19.1 Å². The van der Waals surface area contributed by atoms with Crippen molar-refractivity contribution < 1.29 is 14.2 Å². The van der Waals surface area contributed by atoms with E-state index in [1.54, 1.807) is 7.11 Å². The van der Waals surface area contributed by atoms with Gasteiger partial charge in [-0.05, 0) is 45.2 Å². The van der Waals surface area contributed by atoms with Gasteiger partial charge in [0, 0.05) is 13.1 Å². The van der Waals surface area contributed by atoms with Gasteiger partial charge in [-0.15, -0.1) is 6.58 Å². The second-order valence-corrected chi connectivity index (χ2v) is 5.64. The van der Waals surface area contributed by atoms with Gasteiger partial charge in [0.05, 0.1) is 20.3 Å². The molecular formula is C17H27NO3. The summed E-state index contributed by atoms with van der Waals surface area (Å²) >= 11 is 0. The van der Waals surface area contributed by atoms with Crippen LogP contribution in [0.2, 0.25) is 0 Å². The van der Waals surface area contributed by atoms with Gasteiger partial charge in [0.25, 0.3) is 0 Å². The van der Waals surface area contributed by atoms with E-state index < -0.39 is 0 Å². The second kappa shape index (κ2) is 8.70. The van der Waals surface area contributed by atoms with E-state index in [4.69, 9.17) is 14.2 Å². The lowest BCUT2D eigenvalue weighted by Gasteiger charge is -2.27. The summed E-state index contributed by atoms with van der Waals surface area (Å²) in [5.74, 6) is 1.63. The van der Waals surface area contributed by atoms with E-state index in [0.717, 1.165) is 24.6 Å². The molecule has 0 saturated carbocycles. The summed E-state index contributed by atoms with van der Waals surface area (Å²) in [6, 6.07) is 7.57. The van der Waals surface area contributed by atoms with E-state index in [-0.39, 0.29) is 5.60 Å². The quantitative estimate of drug-likeness (QED) is 0.490. The molecule has 1 aromatic rings. The lowest BCUT2D eigenvalue weighted by atomic mass is 10.1. The maximum absolute atomic E-state index is 5.95. The largest absolute Gasteiger partial charge is 0.497 e. The first-order valence-electron chi connectivity index (χ1n) is 7.17. The molecule has 0 amide bonds. The first-order chi connectivity index (χ1) is 9.96. The fourth-order valence-corrected chi connectivity index (χ4v) is 1.84. The molecule has 0 aromatic heterocycles. The van der Waals surface area contributed by atoms with E-state index in [2.05, 4.69) is 11.5 Å². The zero-order valence-corrected chi connectivity index (χ0v) is 13.6. The van der Waals surface area contributed by atoms with Crippen LogP contribution in [0, 0.1) is 0 Å². The molecule has 0 fully saturated rings. The number of rotatable bonds is 10. The molecule has 1 rings (SSSR count). The average molecular weight is 293 g/mol. The Kier molecular flexibility index (Phi) is 7.26. The second-order valence-electron chi connectivity index (χ2n) is 5.64. The van der Waals surface area contributed by atoms with Gasteiger partial charge in [-0.25, -0.2) is 0 Å². The van der Waals surface area contributed by atoms with Crippen molar-refractivity contribution in [3.05, 3.63) is 36.9 Å². The number of nitrogens with zero attached hydrogens (tertiary/aromatic N) is 1. The van der Waals surface area contributed by atoms with Crippen molar-refractivity contribution in [1.82, 2.24) is 4.90 Å². The summed E-state index contributed by atoms with van der Waals surface area (Å²) in [7, 11) is 3.70. The van der Waals surface area contributed by atoms with Crippen LogP contribution in [-0.2, 0) is 4.74 Å². The van der Waals surface area contributed by atoms with Crippen LogP contribution in [0.1, 0.15) is 13.8 Å². The predicted octanol–water partition coefficient (Wildman–Crippen LogP) is 2.99. The zero-order chi connectivity index (χ0) is 15.7. The molecule has 4 heteroatoms. The van der Waals surface area contributed by atoms with E-state index >= 15 is 0 Å². The molecule has 0 N–H and O–H groups in total. The summed E-state index contributed by atoms with van der Waals surface area (Å²) in [4.78, 5) is 2.16. The first-order valence-corrected chi connectivity index (χ1v) is 7.17. The van der Waals surface area contributed by atoms with Crippen LogP contribution < -0.4 is 9.47 Å². The van der Waals surface area contributed by atoms with Crippen LogP contribution in [0.3, 0.4) is 0 Å². The Bertz CT molecular complexity index is 415. The van der Waals surface area contributed by atoms with Gasteiger partial charge in [0.15, 0.2) is 0 Å². The molecule has 0 aliphatic carbocycles. The van der Waals surface area contributed by atoms with E-state index in [0.29, 0.717) is 13.2 Å². The van der Waals surface area contributed by atoms with Crippen LogP contribution >= 0.6 is 0 Å². The molecule has 0 heterocycles. The number of hydrogen-bond acceptors (Lipinski definition) is 4. The molecule has 4 nitrogen and oxygen atoms in total. The van der Waals surface area contributed by atoms with Crippen molar-refractivity contribution in [3.63, 3.8) is 0 Å². The van der Waals surface area contributed by atoms with Crippen LogP contribution in [0.5, 0.6) is 11.5 Å². The Morgan fingerprint density at radius 2 is 1.81 bits per heavy atom. The van der Waals surface area contributed by atoms with Crippen molar-refractivity contribution in [2.75, 3.05) is 40.5 Å². The Labute approximate surface area is 128 Å². The minimum Gasteiger partial charge on any atom is -0.497 e. The van der Waals surface area contributed by atoms with Crippen LogP contribution in [0.15, 0.2) is 36.9 Å². The molecule has 0 saturated heterocycles. The minimum absolute atomic E-state index is 0.369. The van der Waals surface area contributed by atoms with Gasteiger partial charge >= 0.3 is 0 Å². The van der Waals surface area contributed by atoms with Gasteiger partial charge in [-0.3, -0.25) is 0 Å². The number of hydrogen-bond donors (Lipinski definition) is 0. The summed E-state index contributed by atoms with van der Waals surface area (Å²) in [5, 5.41) is 0. The lowest BCUT2D eigenvalue weighted by Crippen LogP contribution is -2.35. The summed E-state index contributed by atoms with van der Waals surface area (Å²) in [6.45, 7) is 10.7. The minimum atomic E-state index is -0.369. The Balaban J connectivity index is 2.33. The van der Waals surface area contributed by atoms with Gasteiger partial charge in [0.1, 0.15) is 17.1 Å². The average Bonchev–Trinajstić information content (AvgIpc) is 2.44. The third-order valence-electron chi connectivity index (χ3n) is 2.96. The van der Waals surface area contributed by atoms with Crippen molar-refractivity contribution >= 4 is 0 Å². The number of methoxy groups -OCH3 is 1. The van der Waals surface area contributed by atoms with Crippen molar-refractivity contribution in [3.8, 4) is 11.5 Å². The fourth-order valence-electron chi connectivity index (χ4n) is 1.84. The van der Waals surface area contributed by atoms with Crippen molar-refractivity contribution in [2.24, 2.45) is 0 Å². The maximum atomic E-state index is 5.95. The molecule has 1 aromatic carbocycles. The SMILES string of the molecule is C=CCN(C)CCOCC(C)(C)Oc1ccc(OC)cc1. The molecule has 0 aliphatic rings. The van der Waals surface area contributed by atoms with Gasteiger partial charge in [-0.2, -0.15) is 0 Å². The highest BCUT2D eigenvalue weighted by atomic mass is 16.5. The molecule has 118 valence electrons. The summed E-state index contributed by atoms with van der Waals surface area (Å²) in [5.41, 5.74) is -0.369. The summed E-state index contributed by atoms with van der Waals surface area (Å²) < 4.78 is 16.8. The highest BCUT2D eigenvalue weighted by molar-refractivity contribution is 5.31. The third kappa shape index (κ3) is 7.16. The number of likely N-dealkylation sites (N-methyl/N-ethyl adjacent to an activating group) is 1. The van der Waals surface area contributed by atoms with Gasteiger partial charge in [0.2, 0.25) is 0 Å². The van der Waals surface area contributed by atoms with E-state index in [1.807, 2.05) is 51.2 Å². The molecule has 21 heavy (non-hydrogen) atoms. The zero-order valence-electron chi connectivity index (χ0n) is 13.6. The lowest BCUT2D eigenvalue weighted by molar-refractivity contribution is -0.00731. The topological polar surface area (TPSA) is 30.9 Å². The highest BCUT2D eigenvalue weighted by Crippen LogP contribution is 2.21. The fraction of sp³-hybridized carbons (Fsp3) is 0.529. The van der Waals surface area contributed by atoms with Crippen LogP contribution in [0.4, 0.5) is 0 Å². The van der Waals surface area contributed by atoms with Gasteiger partial charge in [-0.1, -0.05) is 6.08 Å². The molecule has 0 radical (unpaired) electrons. The smallest absolute Gasteiger partial charge is 0.127 e. The van der Waals surface area contributed by atoms with E-state index in [1.165, 1.54) is 0 Å².